The van der Waals surface area contributed by atoms with Gasteiger partial charge in [-0.15, -0.1) is 0 Å². The van der Waals surface area contributed by atoms with Gasteiger partial charge >= 0.3 is 0 Å². The van der Waals surface area contributed by atoms with Crippen molar-refractivity contribution in [3.63, 3.8) is 0 Å². The summed E-state index contributed by atoms with van der Waals surface area (Å²) in [6, 6.07) is 13.3. The SMILES string of the molecule is O=C(NC[C@](O)(c1ccccc1)C1CCOCC1)c1c(F)cccc1Cl. The molecule has 4 nitrogen and oxygen atoms in total. The van der Waals surface area contributed by atoms with E-state index in [2.05, 4.69) is 5.32 Å². The summed E-state index contributed by atoms with van der Waals surface area (Å²) in [5, 5.41) is 14.1. The quantitative estimate of drug-likeness (QED) is 0.838. The maximum atomic E-state index is 14.0. The Morgan fingerprint density at radius 1 is 1.19 bits per heavy atom. The van der Waals surface area contributed by atoms with Gasteiger partial charge in [0.2, 0.25) is 0 Å². The van der Waals surface area contributed by atoms with Gasteiger partial charge < -0.3 is 15.2 Å². The second-order valence-corrected chi connectivity index (χ2v) is 6.86. The number of rotatable bonds is 5. The standard InChI is InChI=1S/C20H21ClFNO3/c21-16-7-4-8-17(22)18(16)19(24)23-13-20(25,14-5-2-1-3-6-14)15-9-11-26-12-10-15/h1-8,15,25H,9-13H2,(H,23,24)/t20-/m0/s1. The second kappa shape index (κ2) is 8.16. The van der Waals surface area contributed by atoms with Crippen LogP contribution in [0.1, 0.15) is 28.8 Å². The van der Waals surface area contributed by atoms with E-state index >= 15 is 0 Å². The van der Waals surface area contributed by atoms with Crippen LogP contribution < -0.4 is 5.32 Å². The van der Waals surface area contributed by atoms with Gasteiger partial charge in [-0.3, -0.25) is 4.79 Å². The summed E-state index contributed by atoms with van der Waals surface area (Å²) in [5.41, 5.74) is -0.762. The Labute approximate surface area is 156 Å². The normalized spacial score (nSPS) is 17.5. The van der Waals surface area contributed by atoms with Gasteiger partial charge in [-0.1, -0.05) is 48.0 Å². The van der Waals surface area contributed by atoms with Crippen LogP contribution >= 0.6 is 11.6 Å². The molecule has 2 N–H and O–H groups in total. The van der Waals surface area contributed by atoms with Crippen LogP contribution in [-0.2, 0) is 10.3 Å². The molecule has 0 unspecified atom stereocenters. The van der Waals surface area contributed by atoms with Crippen LogP contribution in [0.3, 0.4) is 0 Å². The fourth-order valence-corrected chi connectivity index (χ4v) is 3.65. The molecule has 1 saturated heterocycles. The first kappa shape index (κ1) is 18.8. The molecular formula is C20H21ClFNO3. The first-order valence-corrected chi connectivity index (χ1v) is 8.98. The van der Waals surface area contributed by atoms with Crippen LogP contribution in [0.15, 0.2) is 48.5 Å². The lowest BCUT2D eigenvalue weighted by Crippen LogP contribution is -2.47. The van der Waals surface area contributed by atoms with E-state index in [1.807, 2.05) is 30.3 Å². The topological polar surface area (TPSA) is 58.6 Å². The molecule has 2 aromatic rings. The molecule has 1 aliphatic heterocycles. The Morgan fingerprint density at radius 3 is 2.54 bits per heavy atom. The van der Waals surface area contributed by atoms with Crippen molar-refractivity contribution in [2.45, 2.75) is 18.4 Å². The molecular weight excluding hydrogens is 357 g/mol. The Balaban J connectivity index is 1.83. The number of hydrogen-bond acceptors (Lipinski definition) is 3. The van der Waals surface area contributed by atoms with E-state index in [0.29, 0.717) is 31.6 Å². The van der Waals surface area contributed by atoms with Gasteiger partial charge in [0.1, 0.15) is 11.4 Å². The lowest BCUT2D eigenvalue weighted by Gasteiger charge is -2.39. The van der Waals surface area contributed by atoms with Gasteiger partial charge in [-0.05, 0) is 36.5 Å². The molecule has 1 heterocycles. The molecule has 3 rings (SSSR count). The van der Waals surface area contributed by atoms with Crippen LogP contribution in [0.5, 0.6) is 0 Å². The summed E-state index contributed by atoms with van der Waals surface area (Å²) in [4.78, 5) is 12.5. The van der Waals surface area contributed by atoms with E-state index in [-0.39, 0.29) is 23.0 Å². The van der Waals surface area contributed by atoms with Crippen molar-refractivity contribution < 1.29 is 19.0 Å². The van der Waals surface area contributed by atoms with E-state index in [9.17, 15) is 14.3 Å². The first-order chi connectivity index (χ1) is 12.5. The molecule has 0 aromatic heterocycles. The summed E-state index contributed by atoms with van der Waals surface area (Å²) in [7, 11) is 0. The average Bonchev–Trinajstić information content (AvgIpc) is 2.67. The van der Waals surface area contributed by atoms with Gasteiger partial charge in [0.15, 0.2) is 0 Å². The Morgan fingerprint density at radius 2 is 1.88 bits per heavy atom. The van der Waals surface area contributed by atoms with Crippen molar-refractivity contribution in [3.8, 4) is 0 Å². The molecule has 26 heavy (non-hydrogen) atoms. The fourth-order valence-electron chi connectivity index (χ4n) is 3.40. The minimum Gasteiger partial charge on any atom is -0.383 e. The minimum absolute atomic E-state index is 0.0365. The predicted octanol–water partition coefficient (Wildman–Crippen LogP) is 3.52. The molecule has 1 aliphatic rings. The van der Waals surface area contributed by atoms with Gasteiger partial charge in [0.05, 0.1) is 17.1 Å². The molecule has 1 atom stereocenters. The number of halogens is 2. The lowest BCUT2D eigenvalue weighted by molar-refractivity contribution is -0.0680. The molecule has 0 aliphatic carbocycles. The maximum Gasteiger partial charge on any atom is 0.255 e. The molecule has 1 fully saturated rings. The second-order valence-electron chi connectivity index (χ2n) is 6.46. The Hall–Kier alpha value is -1.95. The highest BCUT2D eigenvalue weighted by Crippen LogP contribution is 2.36. The molecule has 2 aromatic carbocycles. The molecule has 6 heteroatoms. The van der Waals surface area contributed by atoms with Crippen LogP contribution in [0, 0.1) is 11.7 Å². The zero-order valence-electron chi connectivity index (χ0n) is 14.3. The van der Waals surface area contributed by atoms with E-state index in [0.717, 1.165) is 0 Å². The monoisotopic (exact) mass is 377 g/mol. The smallest absolute Gasteiger partial charge is 0.255 e. The van der Waals surface area contributed by atoms with Crippen molar-refractivity contribution >= 4 is 17.5 Å². The number of nitrogens with one attached hydrogen (secondary N) is 1. The Kier molecular flexibility index (Phi) is 5.91. The van der Waals surface area contributed by atoms with Crippen molar-refractivity contribution in [1.82, 2.24) is 5.32 Å². The lowest BCUT2D eigenvalue weighted by atomic mass is 9.77. The zero-order chi connectivity index (χ0) is 18.6. The third-order valence-corrected chi connectivity index (χ3v) is 5.19. The van der Waals surface area contributed by atoms with E-state index < -0.39 is 17.3 Å². The summed E-state index contributed by atoms with van der Waals surface area (Å²) in [5.74, 6) is -1.41. The highest BCUT2D eigenvalue weighted by Gasteiger charge is 2.39. The fraction of sp³-hybridized carbons (Fsp3) is 0.350. The van der Waals surface area contributed by atoms with Gasteiger partial charge in [-0.2, -0.15) is 0 Å². The predicted molar refractivity (Wildman–Crippen MR) is 97.6 cm³/mol. The molecule has 138 valence electrons. The number of carbonyl (C=O) groups is 1. The first-order valence-electron chi connectivity index (χ1n) is 8.60. The Bertz CT molecular complexity index is 745. The summed E-state index contributed by atoms with van der Waals surface area (Å²) in [6.07, 6.45) is 1.36. The van der Waals surface area contributed by atoms with Crippen molar-refractivity contribution in [1.29, 1.82) is 0 Å². The van der Waals surface area contributed by atoms with Crippen LogP contribution in [0.4, 0.5) is 4.39 Å². The van der Waals surface area contributed by atoms with Crippen molar-refractivity contribution in [3.05, 3.63) is 70.5 Å². The molecule has 0 saturated carbocycles. The number of carbonyl (C=O) groups excluding carboxylic acids is 1. The highest BCUT2D eigenvalue weighted by atomic mass is 35.5. The third-order valence-electron chi connectivity index (χ3n) is 4.88. The van der Waals surface area contributed by atoms with E-state index in [4.69, 9.17) is 16.3 Å². The number of benzene rings is 2. The van der Waals surface area contributed by atoms with Crippen molar-refractivity contribution in [2.24, 2.45) is 5.92 Å². The highest BCUT2D eigenvalue weighted by molar-refractivity contribution is 6.33. The van der Waals surface area contributed by atoms with Crippen LogP contribution in [0.25, 0.3) is 0 Å². The molecule has 0 bridgehead atoms. The van der Waals surface area contributed by atoms with Crippen LogP contribution in [0.2, 0.25) is 5.02 Å². The largest absolute Gasteiger partial charge is 0.383 e. The molecule has 0 radical (unpaired) electrons. The summed E-state index contributed by atoms with van der Waals surface area (Å²) in [6.45, 7) is 1.09. The summed E-state index contributed by atoms with van der Waals surface area (Å²) >= 11 is 5.96. The van der Waals surface area contributed by atoms with Crippen LogP contribution in [-0.4, -0.2) is 30.8 Å². The zero-order valence-corrected chi connectivity index (χ0v) is 15.0. The number of ether oxygens (including phenoxy) is 1. The van der Waals surface area contributed by atoms with Gasteiger partial charge in [-0.25, -0.2) is 4.39 Å². The maximum absolute atomic E-state index is 14.0. The average molecular weight is 378 g/mol. The number of hydrogen-bond donors (Lipinski definition) is 2. The number of amides is 1. The third kappa shape index (κ3) is 3.90. The summed E-state index contributed by atoms with van der Waals surface area (Å²) < 4.78 is 19.4. The number of aliphatic hydroxyl groups is 1. The minimum atomic E-state index is -1.27. The molecule has 1 amide bonds. The van der Waals surface area contributed by atoms with Gasteiger partial charge in [0, 0.05) is 13.2 Å². The molecule has 0 spiro atoms. The van der Waals surface area contributed by atoms with Gasteiger partial charge in [0.25, 0.3) is 5.91 Å². The van der Waals surface area contributed by atoms with E-state index in [1.54, 1.807) is 0 Å². The van der Waals surface area contributed by atoms with E-state index in [1.165, 1.54) is 18.2 Å². The van der Waals surface area contributed by atoms with Crippen molar-refractivity contribution in [2.75, 3.05) is 19.8 Å².